The minimum absolute atomic E-state index is 0.0229. The lowest BCUT2D eigenvalue weighted by atomic mass is 9.73. The number of rotatable bonds is 3. The van der Waals surface area contributed by atoms with Crippen LogP contribution in [-0.2, 0) is 19.2 Å². The zero-order valence-corrected chi connectivity index (χ0v) is 18.3. The van der Waals surface area contributed by atoms with Crippen LogP contribution in [0.5, 0.6) is 0 Å². The molecule has 2 fully saturated rings. The van der Waals surface area contributed by atoms with Gasteiger partial charge in [0, 0.05) is 34.1 Å². The van der Waals surface area contributed by atoms with E-state index in [2.05, 4.69) is 0 Å². The maximum atomic E-state index is 14.8. The van der Waals surface area contributed by atoms with Crippen LogP contribution in [0.1, 0.15) is 11.5 Å². The molecule has 8 nitrogen and oxygen atoms in total. The van der Waals surface area contributed by atoms with Gasteiger partial charge in [-0.2, -0.15) is 0 Å². The van der Waals surface area contributed by atoms with Crippen LogP contribution >= 0.6 is 24.4 Å². The third-order valence-corrected chi connectivity index (χ3v) is 6.61. The van der Waals surface area contributed by atoms with Gasteiger partial charge in [-0.25, -0.2) is 4.39 Å². The molecule has 1 aromatic carbocycles. The molecule has 11 heteroatoms. The maximum Gasteiger partial charge on any atom is 0.241 e. The van der Waals surface area contributed by atoms with Crippen LogP contribution in [0.2, 0.25) is 0 Å². The Morgan fingerprint density at radius 3 is 1.40 bits per heavy atom. The molecule has 0 spiro atoms. The van der Waals surface area contributed by atoms with E-state index in [9.17, 15) is 23.6 Å². The molecule has 2 saturated heterocycles. The minimum Gasteiger partial charge on any atom is -0.291 e. The van der Waals surface area contributed by atoms with Crippen LogP contribution in [0, 0.1) is 17.7 Å². The summed E-state index contributed by atoms with van der Waals surface area (Å²) in [7, 11) is 5.54. The number of hydrogen-bond acceptors (Lipinski definition) is 6. The van der Waals surface area contributed by atoms with Crippen LogP contribution in [0.3, 0.4) is 0 Å². The maximum absolute atomic E-state index is 14.8. The van der Waals surface area contributed by atoms with Crippen molar-refractivity contribution in [3.8, 4) is 0 Å². The van der Waals surface area contributed by atoms with E-state index in [-0.39, 0.29) is 15.8 Å². The van der Waals surface area contributed by atoms with Gasteiger partial charge in [0.2, 0.25) is 23.6 Å². The van der Waals surface area contributed by atoms with Gasteiger partial charge in [-0.3, -0.25) is 38.8 Å². The van der Waals surface area contributed by atoms with Crippen molar-refractivity contribution in [1.82, 2.24) is 19.6 Å². The molecule has 3 rings (SSSR count). The topological polar surface area (TPSA) is 81.2 Å². The number of benzene rings is 1. The second kappa shape index (κ2) is 7.80. The van der Waals surface area contributed by atoms with Crippen molar-refractivity contribution in [2.24, 2.45) is 11.8 Å². The van der Waals surface area contributed by atoms with Gasteiger partial charge in [0.1, 0.15) is 17.7 Å². The largest absolute Gasteiger partial charge is 0.291 e. The molecule has 0 saturated carbocycles. The summed E-state index contributed by atoms with van der Waals surface area (Å²) < 4.78 is 14.8. The monoisotopic (exact) mass is 450 g/mol. The van der Waals surface area contributed by atoms with E-state index in [0.717, 1.165) is 25.7 Å². The zero-order valence-electron chi connectivity index (χ0n) is 16.7. The summed E-state index contributed by atoms with van der Waals surface area (Å²) in [5, 5.41) is -0.0458. The summed E-state index contributed by atoms with van der Waals surface area (Å²) in [5.74, 6) is -8.01. The first-order valence-corrected chi connectivity index (χ1v) is 9.75. The lowest BCUT2D eigenvalue weighted by Gasteiger charge is -2.43. The first kappa shape index (κ1) is 21.9. The summed E-state index contributed by atoms with van der Waals surface area (Å²) in [6, 6.07) is 5.46. The molecular formula is C19H19FN4O4S2. The van der Waals surface area contributed by atoms with Crippen molar-refractivity contribution in [1.29, 1.82) is 0 Å². The van der Waals surface area contributed by atoms with Crippen LogP contribution in [0.15, 0.2) is 24.3 Å². The molecule has 4 amide bonds. The van der Waals surface area contributed by atoms with Crippen LogP contribution in [-0.4, -0.2) is 81.6 Å². The summed E-state index contributed by atoms with van der Waals surface area (Å²) >= 11 is 10.2. The van der Waals surface area contributed by atoms with Crippen LogP contribution < -0.4 is 0 Å². The Morgan fingerprint density at radius 2 is 1.07 bits per heavy atom. The normalized spacial score (nSPS) is 19.7. The first-order valence-electron chi connectivity index (χ1n) is 8.93. The number of carbonyl (C=O) groups excluding carboxylic acids is 4. The second-order valence-electron chi connectivity index (χ2n) is 7.16. The molecule has 158 valence electrons. The fraction of sp³-hybridized carbons (Fsp3) is 0.368. The number of thiocarbonyl (C=S) groups is 2. The van der Waals surface area contributed by atoms with Crippen LogP contribution in [0.4, 0.5) is 4.39 Å². The molecule has 30 heavy (non-hydrogen) atoms. The summed E-state index contributed by atoms with van der Waals surface area (Å²) in [6.45, 7) is 0. The highest BCUT2D eigenvalue weighted by molar-refractivity contribution is 7.80. The van der Waals surface area contributed by atoms with Gasteiger partial charge < -0.3 is 0 Å². The Hall–Kier alpha value is -2.79. The standard InChI is InChI=1S/C19H19FN4O4S2/c1-21-14(25)12(15(26)22(2)18(21)29)11(9-7-5-6-8-10(9)20)13-16(27)23(3)19(30)24(4)17(13)28/h5-8,11-13H,1-4H3. The van der Waals surface area contributed by atoms with E-state index in [1.165, 1.54) is 46.4 Å². The molecule has 0 bridgehead atoms. The lowest BCUT2D eigenvalue weighted by Crippen LogP contribution is -2.63. The Morgan fingerprint density at radius 1 is 0.733 bits per heavy atom. The fourth-order valence-corrected chi connectivity index (χ4v) is 4.14. The first-order chi connectivity index (χ1) is 14.0. The average molecular weight is 451 g/mol. The molecular weight excluding hydrogens is 431 g/mol. The predicted molar refractivity (Wildman–Crippen MR) is 112 cm³/mol. The highest BCUT2D eigenvalue weighted by atomic mass is 32.1. The fourth-order valence-electron chi connectivity index (χ4n) is 3.78. The summed E-state index contributed by atoms with van der Waals surface area (Å²) in [4.78, 5) is 56.7. The van der Waals surface area contributed by atoms with Gasteiger partial charge in [0.15, 0.2) is 10.2 Å². The number of hydrogen-bond donors (Lipinski definition) is 0. The molecule has 0 atom stereocenters. The average Bonchev–Trinajstić information content (AvgIpc) is 2.73. The van der Waals surface area contributed by atoms with Crippen molar-refractivity contribution < 1.29 is 23.6 Å². The highest BCUT2D eigenvalue weighted by Crippen LogP contribution is 2.40. The Kier molecular flexibility index (Phi) is 5.70. The van der Waals surface area contributed by atoms with Gasteiger partial charge >= 0.3 is 0 Å². The molecule has 0 radical (unpaired) electrons. The summed E-state index contributed by atoms with van der Waals surface area (Å²) in [5.41, 5.74) is -0.0832. The zero-order chi connectivity index (χ0) is 22.5. The van der Waals surface area contributed by atoms with E-state index in [4.69, 9.17) is 24.4 Å². The molecule has 2 aliphatic heterocycles. The summed E-state index contributed by atoms with van der Waals surface area (Å²) in [6.07, 6.45) is 0. The number of halogens is 1. The molecule has 0 aliphatic carbocycles. The second-order valence-corrected chi connectivity index (χ2v) is 7.89. The molecule has 2 heterocycles. The van der Waals surface area contributed by atoms with Gasteiger partial charge in [0.25, 0.3) is 0 Å². The molecule has 0 unspecified atom stereocenters. The van der Waals surface area contributed by atoms with Crippen molar-refractivity contribution >= 4 is 58.3 Å². The Balaban J connectivity index is 2.24. The van der Waals surface area contributed by atoms with Crippen molar-refractivity contribution in [2.75, 3.05) is 28.2 Å². The Bertz CT molecular complexity index is 897. The third kappa shape index (κ3) is 3.18. The predicted octanol–water partition coefficient (Wildman–Crippen LogP) is 0.572. The van der Waals surface area contributed by atoms with Crippen LogP contribution in [0.25, 0.3) is 0 Å². The van der Waals surface area contributed by atoms with Gasteiger partial charge in [-0.05, 0) is 36.1 Å². The van der Waals surface area contributed by atoms with E-state index < -0.39 is 47.2 Å². The molecule has 0 N–H and O–H groups in total. The van der Waals surface area contributed by atoms with E-state index in [1.54, 1.807) is 0 Å². The smallest absolute Gasteiger partial charge is 0.241 e. The van der Waals surface area contributed by atoms with Gasteiger partial charge in [0.05, 0.1) is 0 Å². The lowest BCUT2D eigenvalue weighted by molar-refractivity contribution is -0.152. The van der Waals surface area contributed by atoms with Crippen molar-refractivity contribution in [2.45, 2.75) is 5.92 Å². The highest BCUT2D eigenvalue weighted by Gasteiger charge is 2.55. The molecule has 0 aromatic heterocycles. The number of amides is 4. The SMILES string of the molecule is CN1C(=O)C(C(c2ccccc2F)C2C(=O)N(C)C(=S)N(C)C2=O)C(=O)N(C)C1=S. The van der Waals surface area contributed by atoms with E-state index >= 15 is 0 Å². The third-order valence-electron chi connectivity index (χ3n) is 5.52. The molecule has 2 aliphatic rings. The van der Waals surface area contributed by atoms with E-state index in [0.29, 0.717) is 0 Å². The van der Waals surface area contributed by atoms with Crippen molar-refractivity contribution in [3.05, 3.63) is 35.6 Å². The van der Waals surface area contributed by atoms with E-state index in [1.807, 2.05) is 0 Å². The minimum atomic E-state index is -1.52. The van der Waals surface area contributed by atoms with Gasteiger partial charge in [-0.1, -0.05) is 18.2 Å². The number of nitrogens with zero attached hydrogens (tertiary/aromatic N) is 4. The molecule has 1 aromatic rings. The Labute approximate surface area is 183 Å². The quantitative estimate of drug-likeness (QED) is 0.495. The number of carbonyl (C=O) groups is 4. The van der Waals surface area contributed by atoms with Gasteiger partial charge in [-0.15, -0.1) is 0 Å². The van der Waals surface area contributed by atoms with Crippen molar-refractivity contribution in [3.63, 3.8) is 0 Å².